The highest BCUT2D eigenvalue weighted by atomic mass is 32.1. The van der Waals surface area contributed by atoms with E-state index in [1.165, 1.54) is 22.7 Å². The molecule has 0 bridgehead atoms. The van der Waals surface area contributed by atoms with Crippen LogP contribution in [0.15, 0.2) is 41.8 Å². The van der Waals surface area contributed by atoms with E-state index in [0.29, 0.717) is 12.1 Å². The molecular weight excluding hydrogens is 446 g/mol. The molecule has 0 aliphatic carbocycles. The van der Waals surface area contributed by atoms with Crippen molar-refractivity contribution in [2.24, 2.45) is 0 Å². The molecule has 7 nitrogen and oxygen atoms in total. The molecule has 4 heterocycles. The predicted molar refractivity (Wildman–Crippen MR) is 124 cm³/mol. The monoisotopic (exact) mass is 467 g/mol. The van der Waals surface area contributed by atoms with Crippen LogP contribution in [0.25, 0.3) is 0 Å². The lowest BCUT2D eigenvalue weighted by Crippen LogP contribution is -2.35. The van der Waals surface area contributed by atoms with Gasteiger partial charge >= 0.3 is 11.8 Å². The number of hydrogen-bond acceptors (Lipinski definition) is 6. The van der Waals surface area contributed by atoms with E-state index < -0.39 is 17.9 Å². The number of benzene rings is 1. The summed E-state index contributed by atoms with van der Waals surface area (Å²) in [6.07, 6.45) is 1.38. The average Bonchev–Trinajstić information content (AvgIpc) is 3.53. The Morgan fingerprint density at radius 1 is 1.12 bits per heavy atom. The average molecular weight is 468 g/mol. The third-order valence-electron chi connectivity index (χ3n) is 5.66. The number of nitrogens with zero attached hydrogens (tertiary/aromatic N) is 1. The molecule has 164 valence electrons. The van der Waals surface area contributed by atoms with Crippen molar-refractivity contribution in [2.45, 2.75) is 31.9 Å². The Morgan fingerprint density at radius 2 is 1.97 bits per heavy atom. The maximum absolute atomic E-state index is 12.4. The molecule has 0 radical (unpaired) electrons. The summed E-state index contributed by atoms with van der Waals surface area (Å²) in [6.45, 7) is 0.939. The first kappa shape index (κ1) is 20.9. The maximum atomic E-state index is 12.4. The zero-order valence-corrected chi connectivity index (χ0v) is 18.7. The van der Waals surface area contributed by atoms with Crippen LogP contribution in [0.1, 0.15) is 38.3 Å². The van der Waals surface area contributed by atoms with Crippen molar-refractivity contribution in [3.63, 3.8) is 0 Å². The number of carbonyl (C=O) groups is 3. The van der Waals surface area contributed by atoms with Crippen LogP contribution in [0.3, 0.4) is 0 Å². The molecule has 1 aromatic carbocycles. The van der Waals surface area contributed by atoms with Crippen LogP contribution in [0.4, 0.5) is 11.4 Å². The van der Waals surface area contributed by atoms with Gasteiger partial charge in [-0.15, -0.1) is 22.7 Å². The number of aliphatic hydroxyl groups is 1. The second kappa shape index (κ2) is 8.50. The summed E-state index contributed by atoms with van der Waals surface area (Å²) in [7, 11) is 0. The number of aryl methyl sites for hydroxylation is 1. The fourth-order valence-electron chi connectivity index (χ4n) is 4.21. The second-order valence-corrected chi connectivity index (χ2v) is 10.0. The van der Waals surface area contributed by atoms with E-state index >= 15 is 0 Å². The lowest BCUT2D eigenvalue weighted by molar-refractivity contribution is -0.136. The first-order valence-electron chi connectivity index (χ1n) is 10.3. The van der Waals surface area contributed by atoms with Gasteiger partial charge in [-0.2, -0.15) is 0 Å². The van der Waals surface area contributed by atoms with Gasteiger partial charge in [-0.25, -0.2) is 0 Å². The SMILES string of the molecule is O=C(NCc1ccc(C(O)c2cccs2)s1)C(=O)Nc1cc2c3c(c1)CC(=O)N3CCC2. The molecule has 0 spiro atoms. The standard InChI is InChI=1S/C23H21N3O4S2/c27-19-11-14-10-15(9-13-3-1-7-26(19)20(13)14)25-23(30)22(29)24-12-16-5-6-18(32-16)21(28)17-4-2-8-31-17/h2,4-6,8-10,21,28H,1,3,7,11-12H2,(H,24,29)(H,25,30). The molecule has 1 atom stereocenters. The minimum absolute atomic E-state index is 0.0849. The van der Waals surface area contributed by atoms with Crippen LogP contribution in [0.5, 0.6) is 0 Å². The minimum Gasteiger partial charge on any atom is -0.382 e. The highest BCUT2D eigenvalue weighted by Gasteiger charge is 2.32. The summed E-state index contributed by atoms with van der Waals surface area (Å²) >= 11 is 2.88. The number of amides is 3. The van der Waals surface area contributed by atoms with Crippen molar-refractivity contribution in [3.8, 4) is 0 Å². The lowest BCUT2D eigenvalue weighted by Gasteiger charge is -2.26. The summed E-state index contributed by atoms with van der Waals surface area (Å²) in [6, 6.07) is 11.1. The molecule has 2 aliphatic rings. The van der Waals surface area contributed by atoms with Gasteiger partial charge < -0.3 is 20.6 Å². The van der Waals surface area contributed by atoms with Crippen molar-refractivity contribution >= 4 is 51.8 Å². The van der Waals surface area contributed by atoms with E-state index in [2.05, 4.69) is 10.6 Å². The van der Waals surface area contributed by atoms with E-state index in [9.17, 15) is 19.5 Å². The molecule has 5 rings (SSSR count). The molecule has 2 aromatic heterocycles. The Labute approximate surface area is 192 Å². The van der Waals surface area contributed by atoms with Gasteiger partial charge in [-0.3, -0.25) is 14.4 Å². The molecule has 0 fully saturated rings. The van der Waals surface area contributed by atoms with Crippen LogP contribution >= 0.6 is 22.7 Å². The lowest BCUT2D eigenvalue weighted by atomic mass is 9.99. The van der Waals surface area contributed by atoms with Crippen molar-refractivity contribution in [3.05, 3.63) is 67.5 Å². The van der Waals surface area contributed by atoms with E-state index in [0.717, 1.165) is 50.8 Å². The zero-order chi connectivity index (χ0) is 22.2. The van der Waals surface area contributed by atoms with E-state index in [1.807, 2.05) is 40.6 Å². The van der Waals surface area contributed by atoms with Crippen molar-refractivity contribution in [1.82, 2.24) is 5.32 Å². The molecule has 32 heavy (non-hydrogen) atoms. The Kier molecular flexibility index (Phi) is 5.54. The first-order chi connectivity index (χ1) is 15.5. The van der Waals surface area contributed by atoms with Gasteiger partial charge in [-0.1, -0.05) is 6.07 Å². The largest absolute Gasteiger partial charge is 0.382 e. The third kappa shape index (κ3) is 3.94. The Balaban J connectivity index is 1.20. The van der Waals surface area contributed by atoms with Crippen molar-refractivity contribution in [1.29, 1.82) is 0 Å². The van der Waals surface area contributed by atoms with Crippen LogP contribution < -0.4 is 15.5 Å². The van der Waals surface area contributed by atoms with Gasteiger partial charge in [0.05, 0.1) is 18.7 Å². The Hall–Kier alpha value is -3.01. The summed E-state index contributed by atoms with van der Waals surface area (Å²) in [5, 5.41) is 17.6. The highest BCUT2D eigenvalue weighted by molar-refractivity contribution is 7.12. The van der Waals surface area contributed by atoms with Gasteiger partial charge in [0.1, 0.15) is 6.10 Å². The normalized spacial score (nSPS) is 15.4. The van der Waals surface area contributed by atoms with Crippen molar-refractivity contribution in [2.75, 3.05) is 16.8 Å². The molecule has 1 unspecified atom stereocenters. The van der Waals surface area contributed by atoms with Gasteiger partial charge in [0.25, 0.3) is 0 Å². The molecule has 0 saturated heterocycles. The topological polar surface area (TPSA) is 98.7 Å². The summed E-state index contributed by atoms with van der Waals surface area (Å²) in [5.74, 6) is -1.39. The fraction of sp³-hybridized carbons (Fsp3) is 0.261. The summed E-state index contributed by atoms with van der Waals surface area (Å²) in [4.78, 5) is 41.2. The van der Waals surface area contributed by atoms with Gasteiger partial charge in [0.2, 0.25) is 5.91 Å². The van der Waals surface area contributed by atoms with Crippen LogP contribution in [-0.2, 0) is 33.8 Å². The summed E-state index contributed by atoms with van der Waals surface area (Å²) in [5.41, 5.74) is 3.44. The van der Waals surface area contributed by atoms with Crippen LogP contribution in [-0.4, -0.2) is 29.4 Å². The molecular formula is C23H21N3O4S2. The molecule has 3 aromatic rings. The highest BCUT2D eigenvalue weighted by Crippen LogP contribution is 2.38. The van der Waals surface area contributed by atoms with E-state index in [1.54, 1.807) is 6.07 Å². The molecule has 2 aliphatic heterocycles. The van der Waals surface area contributed by atoms with E-state index in [-0.39, 0.29) is 12.5 Å². The smallest absolute Gasteiger partial charge is 0.313 e. The van der Waals surface area contributed by atoms with E-state index in [4.69, 9.17) is 0 Å². The quantitative estimate of drug-likeness (QED) is 0.503. The summed E-state index contributed by atoms with van der Waals surface area (Å²) < 4.78 is 0. The maximum Gasteiger partial charge on any atom is 0.313 e. The molecule has 9 heteroatoms. The number of nitrogens with one attached hydrogen (secondary N) is 2. The number of rotatable bonds is 5. The van der Waals surface area contributed by atoms with Gasteiger partial charge in [-0.05, 0) is 59.7 Å². The number of thiophene rings is 2. The molecule has 3 N–H and O–H groups in total. The van der Waals surface area contributed by atoms with Crippen LogP contribution in [0.2, 0.25) is 0 Å². The van der Waals surface area contributed by atoms with Gasteiger partial charge in [0, 0.05) is 26.9 Å². The number of aliphatic hydroxyl groups excluding tert-OH is 1. The molecule has 3 amide bonds. The van der Waals surface area contributed by atoms with Crippen molar-refractivity contribution < 1.29 is 19.5 Å². The van der Waals surface area contributed by atoms with Crippen LogP contribution in [0, 0.1) is 0 Å². The van der Waals surface area contributed by atoms with Gasteiger partial charge in [0.15, 0.2) is 0 Å². The second-order valence-electron chi connectivity index (χ2n) is 7.83. The number of hydrogen-bond donors (Lipinski definition) is 3. The Morgan fingerprint density at radius 3 is 2.78 bits per heavy atom. The minimum atomic E-state index is -0.746. The fourth-order valence-corrected chi connectivity index (χ4v) is 5.97. The first-order valence-corrected chi connectivity index (χ1v) is 12.0. The third-order valence-corrected chi connectivity index (χ3v) is 7.72. The molecule has 0 saturated carbocycles. The number of carbonyl (C=O) groups excluding carboxylic acids is 3. The zero-order valence-electron chi connectivity index (χ0n) is 17.1. The Bertz CT molecular complexity index is 1200. The number of anilines is 2. The predicted octanol–water partition coefficient (Wildman–Crippen LogP) is 2.98.